The minimum Gasteiger partial charge on any atom is -0.496 e. The second kappa shape index (κ2) is 7.14. The number of hydrogen-bond donors (Lipinski definition) is 0. The molecule has 0 unspecified atom stereocenters. The summed E-state index contributed by atoms with van der Waals surface area (Å²) in [5.74, 6) is 2.08. The fourth-order valence-electron chi connectivity index (χ4n) is 2.38. The van der Waals surface area contributed by atoms with Crippen LogP contribution in [0, 0.1) is 5.92 Å². The van der Waals surface area contributed by atoms with Gasteiger partial charge in [-0.2, -0.15) is 0 Å². The van der Waals surface area contributed by atoms with Gasteiger partial charge in [0.2, 0.25) is 0 Å². The van der Waals surface area contributed by atoms with Gasteiger partial charge in [-0.25, -0.2) is 0 Å². The first kappa shape index (κ1) is 15.3. The van der Waals surface area contributed by atoms with Gasteiger partial charge in [0.25, 0.3) is 0 Å². The molecule has 0 amide bonds. The van der Waals surface area contributed by atoms with Gasteiger partial charge in [-0.1, -0.05) is 30.3 Å². The Labute approximate surface area is 136 Å². The van der Waals surface area contributed by atoms with Crippen molar-refractivity contribution >= 4 is 11.9 Å². The summed E-state index contributed by atoms with van der Waals surface area (Å²) in [5.41, 5.74) is 1.93. The lowest BCUT2D eigenvalue weighted by Crippen LogP contribution is -1.99. The smallest absolute Gasteiger partial charge is 0.158 e. The molecule has 2 aromatic rings. The molecule has 0 radical (unpaired) electrons. The quantitative estimate of drug-likeness (QED) is 0.717. The zero-order valence-electron chi connectivity index (χ0n) is 13.2. The van der Waals surface area contributed by atoms with E-state index >= 15 is 0 Å². The molecule has 0 saturated heterocycles. The maximum Gasteiger partial charge on any atom is 0.158 e. The second-order valence-corrected chi connectivity index (χ2v) is 5.68. The maximum absolute atomic E-state index is 11.8. The van der Waals surface area contributed by atoms with Gasteiger partial charge < -0.3 is 9.47 Å². The molecule has 3 nitrogen and oxygen atoms in total. The van der Waals surface area contributed by atoms with Gasteiger partial charge in [0, 0.05) is 11.5 Å². The van der Waals surface area contributed by atoms with Crippen molar-refractivity contribution in [2.24, 2.45) is 5.92 Å². The molecule has 0 aromatic heterocycles. The third-order valence-corrected chi connectivity index (χ3v) is 3.86. The molecule has 1 saturated carbocycles. The van der Waals surface area contributed by atoms with Gasteiger partial charge in [-0.15, -0.1) is 0 Å². The van der Waals surface area contributed by atoms with E-state index in [0.717, 1.165) is 35.5 Å². The highest BCUT2D eigenvalue weighted by Gasteiger charge is 2.27. The summed E-state index contributed by atoms with van der Waals surface area (Å²) >= 11 is 0. The molecule has 118 valence electrons. The standard InChI is InChI=1S/C20H20O3/c1-22-20-12-8-15(7-11-19(21)16-9-10-16)13-17(20)14-23-18-5-3-2-4-6-18/h2-8,11-13,16H,9-10,14H2,1H3/b11-7+. The summed E-state index contributed by atoms with van der Waals surface area (Å²) in [6, 6.07) is 15.5. The highest BCUT2D eigenvalue weighted by molar-refractivity contribution is 5.96. The summed E-state index contributed by atoms with van der Waals surface area (Å²) in [6.07, 6.45) is 5.61. The van der Waals surface area contributed by atoms with Crippen LogP contribution in [0.3, 0.4) is 0 Å². The number of rotatable bonds is 7. The van der Waals surface area contributed by atoms with Gasteiger partial charge in [-0.05, 0) is 48.7 Å². The summed E-state index contributed by atoms with van der Waals surface area (Å²) in [4.78, 5) is 11.8. The Balaban J connectivity index is 1.71. The van der Waals surface area contributed by atoms with Gasteiger partial charge >= 0.3 is 0 Å². The predicted molar refractivity (Wildman–Crippen MR) is 90.5 cm³/mol. The predicted octanol–water partition coefficient (Wildman–Crippen LogP) is 4.27. The van der Waals surface area contributed by atoms with Crippen LogP contribution in [0.5, 0.6) is 11.5 Å². The molecule has 23 heavy (non-hydrogen) atoms. The van der Waals surface area contributed by atoms with E-state index in [-0.39, 0.29) is 11.7 Å². The lowest BCUT2D eigenvalue weighted by atomic mass is 10.1. The van der Waals surface area contributed by atoms with Crippen molar-refractivity contribution in [3.8, 4) is 11.5 Å². The van der Waals surface area contributed by atoms with Crippen LogP contribution < -0.4 is 9.47 Å². The number of para-hydroxylation sites is 1. The van der Waals surface area contributed by atoms with Crippen molar-refractivity contribution in [2.45, 2.75) is 19.4 Å². The molecular formula is C20H20O3. The highest BCUT2D eigenvalue weighted by atomic mass is 16.5. The Morgan fingerprint density at radius 2 is 1.96 bits per heavy atom. The van der Waals surface area contributed by atoms with Crippen molar-refractivity contribution in [1.82, 2.24) is 0 Å². The molecule has 2 aromatic carbocycles. The van der Waals surface area contributed by atoms with Gasteiger partial charge in [0.1, 0.15) is 18.1 Å². The molecule has 0 spiro atoms. The first-order valence-corrected chi connectivity index (χ1v) is 7.83. The van der Waals surface area contributed by atoms with Gasteiger partial charge in [0.15, 0.2) is 5.78 Å². The average molecular weight is 308 g/mol. The normalized spacial score (nSPS) is 14.0. The van der Waals surface area contributed by atoms with Crippen molar-refractivity contribution in [3.63, 3.8) is 0 Å². The van der Waals surface area contributed by atoms with E-state index in [4.69, 9.17) is 9.47 Å². The lowest BCUT2D eigenvalue weighted by Gasteiger charge is -2.11. The molecule has 1 aliphatic carbocycles. The summed E-state index contributed by atoms with van der Waals surface area (Å²) in [7, 11) is 1.65. The van der Waals surface area contributed by atoms with Crippen LogP contribution in [0.4, 0.5) is 0 Å². The van der Waals surface area contributed by atoms with Crippen LogP contribution in [0.15, 0.2) is 54.6 Å². The van der Waals surface area contributed by atoms with E-state index in [2.05, 4.69) is 0 Å². The van der Waals surface area contributed by atoms with E-state index in [1.165, 1.54) is 0 Å². The monoisotopic (exact) mass is 308 g/mol. The first-order valence-electron chi connectivity index (χ1n) is 7.83. The summed E-state index contributed by atoms with van der Waals surface area (Å²) in [5, 5.41) is 0. The van der Waals surface area contributed by atoms with Crippen LogP contribution in [0.1, 0.15) is 24.0 Å². The van der Waals surface area contributed by atoms with Crippen molar-refractivity contribution < 1.29 is 14.3 Å². The van der Waals surface area contributed by atoms with E-state index in [1.54, 1.807) is 13.2 Å². The van der Waals surface area contributed by atoms with E-state index in [0.29, 0.717) is 6.61 Å². The molecular weight excluding hydrogens is 288 g/mol. The third kappa shape index (κ3) is 4.22. The Bertz CT molecular complexity index is 700. The molecule has 1 fully saturated rings. The molecule has 3 rings (SSSR count). The zero-order valence-corrected chi connectivity index (χ0v) is 13.2. The van der Waals surface area contributed by atoms with Crippen molar-refractivity contribution in [1.29, 1.82) is 0 Å². The number of benzene rings is 2. The summed E-state index contributed by atoms with van der Waals surface area (Å²) in [6.45, 7) is 0.422. The number of methoxy groups -OCH3 is 1. The van der Waals surface area contributed by atoms with Crippen molar-refractivity contribution in [2.75, 3.05) is 7.11 Å². The SMILES string of the molecule is COc1ccc(/C=C/C(=O)C2CC2)cc1COc1ccccc1. The largest absolute Gasteiger partial charge is 0.496 e. The minimum atomic E-state index is 0.225. The van der Waals surface area contributed by atoms with Crippen LogP contribution >= 0.6 is 0 Å². The Kier molecular flexibility index (Phi) is 4.77. The van der Waals surface area contributed by atoms with Crippen LogP contribution in [-0.4, -0.2) is 12.9 Å². The number of allylic oxidation sites excluding steroid dienone is 1. The van der Waals surface area contributed by atoms with E-state index < -0.39 is 0 Å². The number of ketones is 1. The molecule has 0 heterocycles. The average Bonchev–Trinajstić information content (AvgIpc) is 3.44. The lowest BCUT2D eigenvalue weighted by molar-refractivity contribution is -0.115. The van der Waals surface area contributed by atoms with E-state index in [9.17, 15) is 4.79 Å². The molecule has 0 atom stereocenters. The fourth-order valence-corrected chi connectivity index (χ4v) is 2.38. The number of ether oxygens (including phenoxy) is 2. The Morgan fingerprint density at radius 3 is 2.65 bits per heavy atom. The topological polar surface area (TPSA) is 35.5 Å². The molecule has 1 aliphatic rings. The Morgan fingerprint density at radius 1 is 1.17 bits per heavy atom. The fraction of sp³-hybridized carbons (Fsp3) is 0.250. The van der Waals surface area contributed by atoms with Crippen LogP contribution in [0.2, 0.25) is 0 Å². The second-order valence-electron chi connectivity index (χ2n) is 5.68. The van der Waals surface area contributed by atoms with E-state index in [1.807, 2.05) is 54.6 Å². The third-order valence-electron chi connectivity index (χ3n) is 3.86. The summed E-state index contributed by atoms with van der Waals surface area (Å²) < 4.78 is 11.2. The molecule has 0 bridgehead atoms. The van der Waals surface area contributed by atoms with Gasteiger partial charge in [0.05, 0.1) is 7.11 Å². The first-order chi connectivity index (χ1) is 11.3. The molecule has 0 N–H and O–H groups in total. The maximum atomic E-state index is 11.8. The molecule has 0 aliphatic heterocycles. The number of carbonyl (C=O) groups excluding carboxylic acids is 1. The van der Waals surface area contributed by atoms with Gasteiger partial charge in [-0.3, -0.25) is 4.79 Å². The zero-order chi connectivity index (χ0) is 16.1. The number of carbonyl (C=O) groups is 1. The molecule has 3 heteroatoms. The highest BCUT2D eigenvalue weighted by Crippen LogP contribution is 2.30. The minimum absolute atomic E-state index is 0.225. The van der Waals surface area contributed by atoms with Crippen LogP contribution in [0.25, 0.3) is 6.08 Å². The Hall–Kier alpha value is -2.55. The van der Waals surface area contributed by atoms with Crippen molar-refractivity contribution in [3.05, 3.63) is 65.7 Å². The number of hydrogen-bond acceptors (Lipinski definition) is 3. The van der Waals surface area contributed by atoms with Crippen LogP contribution in [-0.2, 0) is 11.4 Å².